The molecule has 0 bridgehead atoms. The van der Waals surface area contributed by atoms with E-state index in [2.05, 4.69) is 26.2 Å². The Kier molecular flexibility index (Phi) is 6.31. The molecule has 2 aromatic carbocycles. The van der Waals surface area contributed by atoms with E-state index < -0.39 is 0 Å². The molecule has 0 aromatic heterocycles. The molecule has 6 nitrogen and oxygen atoms in total. The average Bonchev–Trinajstić information content (AvgIpc) is 2.60. The molecule has 0 aliphatic heterocycles. The number of benzene rings is 2. The van der Waals surface area contributed by atoms with Crippen LogP contribution in [0.15, 0.2) is 45.9 Å². The van der Waals surface area contributed by atoms with Gasteiger partial charge in [0.15, 0.2) is 17.5 Å². The first kappa shape index (κ1) is 17.9. The molecule has 0 saturated heterocycles. The van der Waals surface area contributed by atoms with Gasteiger partial charge in [0.2, 0.25) is 0 Å². The fourth-order valence-corrected chi connectivity index (χ4v) is 2.55. The van der Waals surface area contributed by atoms with Crippen molar-refractivity contribution in [3.8, 4) is 17.2 Å². The number of nitrogens with zero attached hydrogens (tertiary/aromatic N) is 1. The van der Waals surface area contributed by atoms with Crippen molar-refractivity contribution in [2.24, 2.45) is 10.7 Å². The van der Waals surface area contributed by atoms with Crippen molar-refractivity contribution in [1.29, 1.82) is 0 Å². The van der Waals surface area contributed by atoms with Gasteiger partial charge in [0.1, 0.15) is 5.75 Å². The topological polar surface area (TPSA) is 78.1 Å². The van der Waals surface area contributed by atoms with Crippen LogP contribution < -0.4 is 25.3 Å². The number of nitrogens with two attached hydrogens (primary N) is 1. The van der Waals surface area contributed by atoms with Crippen molar-refractivity contribution in [1.82, 2.24) is 0 Å². The highest BCUT2D eigenvalue weighted by atomic mass is 79.9. The quantitative estimate of drug-likeness (QED) is 0.580. The predicted molar refractivity (Wildman–Crippen MR) is 99.2 cm³/mol. The minimum Gasteiger partial charge on any atom is -0.496 e. The first-order valence-corrected chi connectivity index (χ1v) is 7.98. The monoisotopic (exact) mass is 393 g/mol. The number of hydrogen-bond acceptors (Lipinski definition) is 4. The van der Waals surface area contributed by atoms with Gasteiger partial charge in [-0.3, -0.25) is 0 Å². The largest absolute Gasteiger partial charge is 0.496 e. The van der Waals surface area contributed by atoms with Gasteiger partial charge < -0.3 is 25.3 Å². The summed E-state index contributed by atoms with van der Waals surface area (Å²) in [6, 6.07) is 11.2. The molecule has 0 saturated carbocycles. The fourth-order valence-electron chi connectivity index (χ4n) is 2.14. The van der Waals surface area contributed by atoms with Gasteiger partial charge in [0.25, 0.3) is 0 Å². The Morgan fingerprint density at radius 2 is 1.67 bits per heavy atom. The van der Waals surface area contributed by atoms with Crippen LogP contribution in [-0.4, -0.2) is 27.3 Å². The van der Waals surface area contributed by atoms with Crippen molar-refractivity contribution >= 4 is 27.6 Å². The second kappa shape index (κ2) is 8.44. The zero-order valence-electron chi connectivity index (χ0n) is 13.8. The average molecular weight is 394 g/mol. The van der Waals surface area contributed by atoms with Crippen LogP contribution in [-0.2, 0) is 6.54 Å². The van der Waals surface area contributed by atoms with Crippen molar-refractivity contribution in [2.45, 2.75) is 6.54 Å². The molecule has 7 heteroatoms. The van der Waals surface area contributed by atoms with E-state index in [1.807, 2.05) is 24.3 Å². The summed E-state index contributed by atoms with van der Waals surface area (Å²) in [4.78, 5) is 4.35. The van der Waals surface area contributed by atoms with E-state index in [0.29, 0.717) is 24.0 Å². The van der Waals surface area contributed by atoms with Gasteiger partial charge in [-0.15, -0.1) is 0 Å². The van der Waals surface area contributed by atoms with E-state index in [1.165, 1.54) is 0 Å². The zero-order chi connectivity index (χ0) is 17.5. The van der Waals surface area contributed by atoms with E-state index in [0.717, 1.165) is 21.5 Å². The number of methoxy groups -OCH3 is 3. The maximum absolute atomic E-state index is 5.96. The third-order valence-electron chi connectivity index (χ3n) is 3.32. The maximum atomic E-state index is 5.96. The molecule has 2 rings (SSSR count). The molecular formula is C17H20BrN3O3. The van der Waals surface area contributed by atoms with Crippen LogP contribution in [0.3, 0.4) is 0 Å². The number of hydrogen-bond donors (Lipinski definition) is 2. The van der Waals surface area contributed by atoms with Crippen LogP contribution in [0.1, 0.15) is 5.56 Å². The summed E-state index contributed by atoms with van der Waals surface area (Å²) in [6.07, 6.45) is 0. The molecule has 0 aliphatic rings. The number of nitrogens with one attached hydrogen (secondary N) is 1. The Balaban J connectivity index is 2.11. The zero-order valence-corrected chi connectivity index (χ0v) is 15.4. The van der Waals surface area contributed by atoms with Crippen LogP contribution in [0.4, 0.5) is 5.69 Å². The molecule has 3 N–H and O–H groups in total. The Bertz CT molecular complexity index is 735. The summed E-state index contributed by atoms with van der Waals surface area (Å²) in [7, 11) is 4.80. The molecule has 128 valence electrons. The highest BCUT2D eigenvalue weighted by Gasteiger charge is 2.06. The van der Waals surface area contributed by atoms with Gasteiger partial charge in [0.05, 0.1) is 27.9 Å². The van der Waals surface area contributed by atoms with Gasteiger partial charge in [-0.2, -0.15) is 0 Å². The Morgan fingerprint density at radius 3 is 2.33 bits per heavy atom. The molecule has 2 aromatic rings. The molecule has 0 aliphatic carbocycles. The molecule has 0 unspecified atom stereocenters. The molecule has 0 spiro atoms. The highest BCUT2D eigenvalue weighted by Crippen LogP contribution is 2.29. The van der Waals surface area contributed by atoms with Crippen molar-refractivity contribution in [2.75, 3.05) is 26.6 Å². The lowest BCUT2D eigenvalue weighted by Gasteiger charge is -2.11. The number of rotatable bonds is 6. The molecule has 0 heterocycles. The minimum atomic E-state index is 0.296. The molecule has 24 heavy (non-hydrogen) atoms. The van der Waals surface area contributed by atoms with Gasteiger partial charge in [0, 0.05) is 21.8 Å². The smallest absolute Gasteiger partial charge is 0.193 e. The first-order valence-electron chi connectivity index (χ1n) is 7.18. The SMILES string of the molecule is COc1ccc(Br)cc1CN=C(N)Nc1ccc(OC)c(OC)c1. The van der Waals surface area contributed by atoms with Crippen molar-refractivity contribution in [3.05, 3.63) is 46.4 Å². The van der Waals surface area contributed by atoms with Crippen LogP contribution in [0, 0.1) is 0 Å². The summed E-state index contributed by atoms with van der Waals surface area (Å²) in [5.74, 6) is 2.33. The van der Waals surface area contributed by atoms with E-state index in [1.54, 1.807) is 33.5 Å². The molecule has 0 amide bonds. The number of halogens is 1. The van der Waals surface area contributed by atoms with E-state index in [4.69, 9.17) is 19.9 Å². The summed E-state index contributed by atoms with van der Waals surface area (Å²) in [5, 5.41) is 3.03. The molecular weight excluding hydrogens is 374 g/mol. The lowest BCUT2D eigenvalue weighted by molar-refractivity contribution is 0.355. The summed E-state index contributed by atoms with van der Waals surface area (Å²) >= 11 is 3.44. The second-order valence-electron chi connectivity index (χ2n) is 4.85. The van der Waals surface area contributed by atoms with Gasteiger partial charge in [-0.25, -0.2) is 4.99 Å². The van der Waals surface area contributed by atoms with Crippen molar-refractivity contribution in [3.63, 3.8) is 0 Å². The Hall–Kier alpha value is -2.41. The molecule has 0 atom stereocenters. The van der Waals surface area contributed by atoms with E-state index in [-0.39, 0.29) is 0 Å². The van der Waals surface area contributed by atoms with Crippen molar-refractivity contribution < 1.29 is 14.2 Å². The number of anilines is 1. The molecule has 0 radical (unpaired) electrons. The van der Waals surface area contributed by atoms with Gasteiger partial charge in [-0.1, -0.05) is 15.9 Å². The Morgan fingerprint density at radius 1 is 1.00 bits per heavy atom. The van der Waals surface area contributed by atoms with Crippen LogP contribution in [0.2, 0.25) is 0 Å². The summed E-state index contributed by atoms with van der Waals surface area (Å²) in [6.45, 7) is 0.398. The van der Waals surface area contributed by atoms with E-state index >= 15 is 0 Å². The van der Waals surface area contributed by atoms with Crippen LogP contribution in [0.5, 0.6) is 17.2 Å². The second-order valence-corrected chi connectivity index (χ2v) is 5.77. The predicted octanol–water partition coefficient (Wildman–Crippen LogP) is 3.40. The lowest BCUT2D eigenvalue weighted by atomic mass is 10.2. The van der Waals surface area contributed by atoms with Gasteiger partial charge >= 0.3 is 0 Å². The minimum absolute atomic E-state index is 0.296. The Labute approximate surface area is 149 Å². The van der Waals surface area contributed by atoms with Crippen LogP contribution in [0.25, 0.3) is 0 Å². The van der Waals surface area contributed by atoms with E-state index in [9.17, 15) is 0 Å². The summed E-state index contributed by atoms with van der Waals surface area (Å²) in [5.41, 5.74) is 7.65. The molecule has 0 fully saturated rings. The summed E-state index contributed by atoms with van der Waals surface area (Å²) < 4.78 is 16.8. The third kappa shape index (κ3) is 4.55. The lowest BCUT2D eigenvalue weighted by Crippen LogP contribution is -2.22. The third-order valence-corrected chi connectivity index (χ3v) is 3.81. The number of guanidine groups is 1. The fraction of sp³-hybridized carbons (Fsp3) is 0.235. The normalized spacial score (nSPS) is 11.1. The first-order chi connectivity index (χ1) is 11.6. The maximum Gasteiger partial charge on any atom is 0.193 e. The standard InChI is InChI=1S/C17H20BrN3O3/c1-22-14-6-4-12(18)8-11(14)10-20-17(19)21-13-5-7-15(23-2)16(9-13)24-3/h4-9H,10H2,1-3H3,(H3,19,20,21). The number of ether oxygens (including phenoxy) is 3. The van der Waals surface area contributed by atoms with Gasteiger partial charge in [-0.05, 0) is 30.3 Å². The van der Waals surface area contributed by atoms with Crippen LogP contribution >= 0.6 is 15.9 Å². The highest BCUT2D eigenvalue weighted by molar-refractivity contribution is 9.10. The number of aliphatic imine (C=N–C) groups is 1.